The van der Waals surface area contributed by atoms with Crippen LogP contribution in [0.25, 0.3) is 0 Å². The fourth-order valence-electron chi connectivity index (χ4n) is 0.883. The highest BCUT2D eigenvalue weighted by atomic mass is 127. The quantitative estimate of drug-likeness (QED) is 0.819. The number of aromatic hydroxyl groups is 1. The van der Waals surface area contributed by atoms with Crippen molar-refractivity contribution in [2.75, 3.05) is 0 Å². The Morgan fingerprint density at radius 1 is 1.62 bits per heavy atom. The van der Waals surface area contributed by atoms with Crippen molar-refractivity contribution in [3.05, 3.63) is 21.0 Å². The molecule has 0 aliphatic heterocycles. The molecule has 0 bridgehead atoms. The molecule has 1 aromatic heterocycles. The second-order valence-corrected chi connectivity index (χ2v) is 3.40. The van der Waals surface area contributed by atoms with Gasteiger partial charge < -0.3 is 10.8 Å². The van der Waals surface area contributed by atoms with Crippen molar-refractivity contribution in [1.82, 2.24) is 4.98 Å². The predicted molar refractivity (Wildman–Crippen MR) is 51.5 cm³/mol. The first-order chi connectivity index (χ1) is 6.07. The van der Waals surface area contributed by atoms with Crippen LogP contribution >= 0.6 is 22.6 Å². The van der Waals surface area contributed by atoms with Gasteiger partial charge in [-0.25, -0.2) is 8.78 Å². The zero-order chi connectivity index (χ0) is 10.0. The van der Waals surface area contributed by atoms with Gasteiger partial charge in [0.05, 0.1) is 17.5 Å². The fourth-order valence-corrected chi connectivity index (χ4v) is 1.75. The lowest BCUT2D eigenvalue weighted by Gasteiger charge is -2.08. The Balaban J connectivity index is 3.30. The van der Waals surface area contributed by atoms with Crippen LogP contribution in [0.4, 0.5) is 8.78 Å². The third-order valence-corrected chi connectivity index (χ3v) is 2.72. The topological polar surface area (TPSA) is 59.1 Å². The Morgan fingerprint density at radius 2 is 2.23 bits per heavy atom. The summed E-state index contributed by atoms with van der Waals surface area (Å²) < 4.78 is 25.0. The van der Waals surface area contributed by atoms with E-state index in [9.17, 15) is 8.78 Å². The molecule has 0 atom stereocenters. The summed E-state index contributed by atoms with van der Waals surface area (Å²) in [6, 6.07) is 0. The normalized spacial score (nSPS) is 10.8. The van der Waals surface area contributed by atoms with Gasteiger partial charge in [-0.2, -0.15) is 0 Å². The SMILES string of the molecule is NCc1ncc(O)c(C(F)F)c1I. The summed E-state index contributed by atoms with van der Waals surface area (Å²) in [4.78, 5) is 3.72. The van der Waals surface area contributed by atoms with E-state index < -0.39 is 17.7 Å². The van der Waals surface area contributed by atoms with Crippen LogP contribution in [-0.2, 0) is 6.54 Å². The van der Waals surface area contributed by atoms with Crippen molar-refractivity contribution in [3.8, 4) is 5.75 Å². The van der Waals surface area contributed by atoms with Gasteiger partial charge in [-0.1, -0.05) is 0 Å². The summed E-state index contributed by atoms with van der Waals surface area (Å²) in [5.41, 5.74) is 5.25. The number of hydrogen-bond donors (Lipinski definition) is 2. The fraction of sp³-hybridized carbons (Fsp3) is 0.286. The largest absolute Gasteiger partial charge is 0.506 e. The highest BCUT2D eigenvalue weighted by molar-refractivity contribution is 14.1. The summed E-state index contributed by atoms with van der Waals surface area (Å²) in [5.74, 6) is -0.489. The van der Waals surface area contributed by atoms with Gasteiger partial charge in [0.1, 0.15) is 5.75 Å². The maximum Gasteiger partial charge on any atom is 0.268 e. The van der Waals surface area contributed by atoms with Gasteiger partial charge in [-0.3, -0.25) is 4.98 Å². The molecule has 0 unspecified atom stereocenters. The summed E-state index contributed by atoms with van der Waals surface area (Å²) in [7, 11) is 0. The second-order valence-electron chi connectivity index (χ2n) is 2.32. The minimum absolute atomic E-state index is 0.0816. The number of aromatic nitrogens is 1. The highest BCUT2D eigenvalue weighted by Crippen LogP contribution is 2.32. The first-order valence-corrected chi connectivity index (χ1v) is 4.50. The van der Waals surface area contributed by atoms with Crippen molar-refractivity contribution >= 4 is 22.6 Å². The van der Waals surface area contributed by atoms with Gasteiger partial charge >= 0.3 is 0 Å². The predicted octanol–water partition coefficient (Wildman–Crippen LogP) is 1.79. The van der Waals surface area contributed by atoms with E-state index in [1.807, 2.05) is 0 Å². The van der Waals surface area contributed by atoms with Crippen molar-refractivity contribution in [1.29, 1.82) is 0 Å². The Bertz CT molecular complexity index is 320. The molecule has 3 N–H and O–H groups in total. The van der Waals surface area contributed by atoms with E-state index in [1.165, 1.54) is 0 Å². The lowest BCUT2D eigenvalue weighted by atomic mass is 10.2. The Morgan fingerprint density at radius 3 is 2.69 bits per heavy atom. The smallest absolute Gasteiger partial charge is 0.268 e. The van der Waals surface area contributed by atoms with E-state index >= 15 is 0 Å². The molecule has 72 valence electrons. The number of alkyl halides is 2. The van der Waals surface area contributed by atoms with Crippen LogP contribution in [0.3, 0.4) is 0 Å². The molecule has 1 aromatic rings. The standard InChI is InChI=1S/C7H7F2IN2O/c8-7(9)5-4(13)2-12-3(1-11)6(5)10/h2,7,13H,1,11H2. The van der Waals surface area contributed by atoms with Crippen LogP contribution in [0, 0.1) is 3.57 Å². The molecule has 0 spiro atoms. The molecule has 1 rings (SSSR count). The molecule has 3 nitrogen and oxygen atoms in total. The van der Waals surface area contributed by atoms with Crippen LogP contribution in [0.2, 0.25) is 0 Å². The van der Waals surface area contributed by atoms with E-state index in [4.69, 9.17) is 10.8 Å². The summed E-state index contributed by atoms with van der Waals surface area (Å²) in [5, 5.41) is 9.09. The number of halogens is 3. The van der Waals surface area contributed by atoms with Gasteiger partial charge in [-0.15, -0.1) is 0 Å². The first kappa shape index (κ1) is 10.6. The average molecular weight is 300 g/mol. The third kappa shape index (κ3) is 2.05. The van der Waals surface area contributed by atoms with Gasteiger partial charge in [-0.05, 0) is 22.6 Å². The minimum Gasteiger partial charge on any atom is -0.506 e. The number of nitrogens with two attached hydrogens (primary N) is 1. The average Bonchev–Trinajstić information content (AvgIpc) is 2.04. The maximum atomic E-state index is 12.4. The zero-order valence-electron chi connectivity index (χ0n) is 6.47. The summed E-state index contributed by atoms with van der Waals surface area (Å²) in [6.07, 6.45) is -1.72. The third-order valence-electron chi connectivity index (χ3n) is 1.52. The molecular formula is C7H7F2IN2O. The molecule has 1 heterocycles. The van der Waals surface area contributed by atoms with Crippen LogP contribution in [0.1, 0.15) is 17.7 Å². The van der Waals surface area contributed by atoms with Crippen molar-refractivity contribution < 1.29 is 13.9 Å². The van der Waals surface area contributed by atoms with E-state index in [0.29, 0.717) is 5.69 Å². The second kappa shape index (κ2) is 4.14. The molecule has 13 heavy (non-hydrogen) atoms. The lowest BCUT2D eigenvalue weighted by Crippen LogP contribution is -2.05. The molecule has 0 fully saturated rings. The molecule has 0 radical (unpaired) electrons. The Hall–Kier alpha value is -0.500. The molecule has 0 aliphatic carbocycles. The number of hydrogen-bond acceptors (Lipinski definition) is 3. The molecule has 0 saturated heterocycles. The van der Waals surface area contributed by atoms with Crippen molar-refractivity contribution in [3.63, 3.8) is 0 Å². The van der Waals surface area contributed by atoms with E-state index in [1.54, 1.807) is 22.6 Å². The molecule has 0 amide bonds. The first-order valence-electron chi connectivity index (χ1n) is 3.42. The maximum absolute atomic E-state index is 12.4. The number of nitrogens with zero attached hydrogens (tertiary/aromatic N) is 1. The van der Waals surface area contributed by atoms with Crippen molar-refractivity contribution in [2.45, 2.75) is 13.0 Å². The Labute approximate surface area is 87.1 Å². The van der Waals surface area contributed by atoms with Gasteiger partial charge in [0, 0.05) is 10.1 Å². The van der Waals surface area contributed by atoms with E-state index in [0.717, 1.165) is 6.20 Å². The van der Waals surface area contributed by atoms with Gasteiger partial charge in [0.15, 0.2) is 0 Å². The van der Waals surface area contributed by atoms with Crippen LogP contribution in [0.15, 0.2) is 6.20 Å². The van der Waals surface area contributed by atoms with Gasteiger partial charge in [0.2, 0.25) is 0 Å². The van der Waals surface area contributed by atoms with Gasteiger partial charge in [0.25, 0.3) is 6.43 Å². The molecule has 0 saturated carbocycles. The molecule has 0 aromatic carbocycles. The van der Waals surface area contributed by atoms with E-state index in [-0.39, 0.29) is 10.1 Å². The lowest BCUT2D eigenvalue weighted by molar-refractivity contribution is 0.146. The Kier molecular flexibility index (Phi) is 3.37. The monoisotopic (exact) mass is 300 g/mol. The molecular weight excluding hydrogens is 293 g/mol. The summed E-state index contributed by atoms with van der Waals surface area (Å²) in [6.45, 7) is 0.0816. The van der Waals surface area contributed by atoms with Crippen molar-refractivity contribution in [2.24, 2.45) is 5.73 Å². The zero-order valence-corrected chi connectivity index (χ0v) is 8.62. The van der Waals surface area contributed by atoms with Crippen LogP contribution < -0.4 is 5.73 Å². The number of pyridine rings is 1. The molecule has 0 aliphatic rings. The molecule has 6 heteroatoms. The van der Waals surface area contributed by atoms with Crippen LogP contribution in [0.5, 0.6) is 5.75 Å². The van der Waals surface area contributed by atoms with E-state index in [2.05, 4.69) is 4.98 Å². The summed E-state index contributed by atoms with van der Waals surface area (Å²) >= 11 is 1.70. The minimum atomic E-state index is -2.71. The highest BCUT2D eigenvalue weighted by Gasteiger charge is 2.19. The number of rotatable bonds is 2. The van der Waals surface area contributed by atoms with Crippen LogP contribution in [-0.4, -0.2) is 10.1 Å².